The van der Waals surface area contributed by atoms with Crippen LogP contribution in [0.4, 0.5) is 4.39 Å². The fourth-order valence-electron chi connectivity index (χ4n) is 1.50. The van der Waals surface area contributed by atoms with Crippen LogP contribution in [0.2, 0.25) is 0 Å². The van der Waals surface area contributed by atoms with Crippen LogP contribution in [0.1, 0.15) is 18.2 Å². The highest BCUT2D eigenvalue weighted by Gasteiger charge is 2.08. The second kappa shape index (κ2) is 5.89. The molecule has 0 aliphatic rings. The lowest BCUT2D eigenvalue weighted by molar-refractivity contribution is 0.410. The molecule has 2 aromatic rings. The molecule has 1 unspecified atom stereocenters. The third-order valence-corrected chi connectivity index (χ3v) is 3.22. The van der Waals surface area contributed by atoms with Crippen molar-refractivity contribution in [1.82, 2.24) is 9.97 Å². The Morgan fingerprint density at radius 1 is 1.37 bits per heavy atom. The second-order valence-corrected chi connectivity index (χ2v) is 4.59. The van der Waals surface area contributed by atoms with Gasteiger partial charge < -0.3 is 4.74 Å². The summed E-state index contributed by atoms with van der Waals surface area (Å²) in [5.74, 6) is -0.326. The van der Waals surface area contributed by atoms with E-state index in [1.54, 1.807) is 24.4 Å². The van der Waals surface area contributed by atoms with Crippen molar-refractivity contribution in [3.63, 3.8) is 0 Å². The first-order valence-corrected chi connectivity index (χ1v) is 6.37. The zero-order valence-corrected chi connectivity index (χ0v) is 11.9. The molecule has 1 aromatic carbocycles. The maximum atomic E-state index is 13.9. The Morgan fingerprint density at radius 3 is 2.79 bits per heavy atom. The van der Waals surface area contributed by atoms with Crippen LogP contribution in [0.15, 0.2) is 36.5 Å². The molecule has 5 heteroatoms. The van der Waals surface area contributed by atoms with Gasteiger partial charge in [0, 0.05) is 11.9 Å². The summed E-state index contributed by atoms with van der Waals surface area (Å²) in [5.41, 5.74) is 1.56. The first kappa shape index (κ1) is 13.6. The number of hydrogen-bond acceptors (Lipinski definition) is 3. The molecule has 0 N–H and O–H groups in total. The van der Waals surface area contributed by atoms with Crippen molar-refractivity contribution in [2.75, 3.05) is 0 Å². The van der Waals surface area contributed by atoms with Gasteiger partial charge in [0.05, 0.1) is 0 Å². The van der Waals surface area contributed by atoms with Crippen LogP contribution in [-0.4, -0.2) is 9.97 Å². The summed E-state index contributed by atoms with van der Waals surface area (Å²) >= 11 is 0. The van der Waals surface area contributed by atoms with Crippen LogP contribution in [0, 0.1) is 12.7 Å². The van der Waals surface area contributed by atoms with Crippen LogP contribution < -0.4 is 4.74 Å². The minimum absolute atomic E-state index is 0.114. The predicted molar refractivity (Wildman–Crippen MR) is 76.6 cm³/mol. The van der Waals surface area contributed by atoms with Gasteiger partial charge in [0.1, 0.15) is 0 Å². The van der Waals surface area contributed by atoms with E-state index in [1.807, 2.05) is 19.9 Å². The van der Waals surface area contributed by atoms with E-state index in [2.05, 4.69) is 19.2 Å². The number of allylic oxidation sites excluding steroid dienone is 1. The molecule has 0 spiro atoms. The fraction of sp³-hybridized carbons (Fsp3) is 0.143. The number of aryl methyl sites for hydroxylation is 1. The van der Waals surface area contributed by atoms with E-state index in [0.29, 0.717) is 0 Å². The van der Waals surface area contributed by atoms with E-state index >= 15 is 0 Å². The van der Waals surface area contributed by atoms with Crippen molar-refractivity contribution in [2.45, 2.75) is 13.8 Å². The average molecular weight is 276 g/mol. The van der Waals surface area contributed by atoms with Crippen LogP contribution >= 0.6 is 9.24 Å². The lowest BCUT2D eigenvalue weighted by atomic mass is 10.2. The van der Waals surface area contributed by atoms with Gasteiger partial charge in [-0.3, -0.25) is 0 Å². The molecule has 3 nitrogen and oxygen atoms in total. The monoisotopic (exact) mass is 276 g/mol. The van der Waals surface area contributed by atoms with Crippen LogP contribution in [0.5, 0.6) is 11.8 Å². The highest BCUT2D eigenvalue weighted by Crippen LogP contribution is 2.28. The molecule has 1 atom stereocenters. The SMILES string of the molecule is C/C=C(/P)c1ccc(Oc2nccc(C)n2)c(F)c1. The third-order valence-electron chi connectivity index (χ3n) is 2.55. The topological polar surface area (TPSA) is 35.0 Å². The Labute approximate surface area is 113 Å². The molecule has 0 aliphatic carbocycles. The van der Waals surface area contributed by atoms with E-state index in [-0.39, 0.29) is 11.8 Å². The summed E-state index contributed by atoms with van der Waals surface area (Å²) in [6.45, 7) is 3.71. The Balaban J connectivity index is 2.27. The van der Waals surface area contributed by atoms with Gasteiger partial charge in [-0.05, 0) is 42.9 Å². The Bertz CT molecular complexity index is 629. The molecular weight excluding hydrogens is 262 g/mol. The fourth-order valence-corrected chi connectivity index (χ4v) is 1.68. The molecule has 0 saturated carbocycles. The summed E-state index contributed by atoms with van der Waals surface area (Å²) in [4.78, 5) is 8.00. The smallest absolute Gasteiger partial charge is 0.322 e. The number of nitrogens with zero attached hydrogens (tertiary/aromatic N) is 2. The first-order valence-electron chi connectivity index (χ1n) is 5.79. The molecule has 1 heterocycles. The third kappa shape index (κ3) is 3.36. The Kier molecular flexibility index (Phi) is 4.23. The van der Waals surface area contributed by atoms with E-state index in [4.69, 9.17) is 4.74 Å². The summed E-state index contributed by atoms with van der Waals surface area (Å²) in [6, 6.07) is 6.68. The Morgan fingerprint density at radius 2 is 2.16 bits per heavy atom. The van der Waals surface area contributed by atoms with Crippen molar-refractivity contribution < 1.29 is 9.13 Å². The van der Waals surface area contributed by atoms with Crippen molar-refractivity contribution in [2.24, 2.45) is 0 Å². The van der Waals surface area contributed by atoms with Gasteiger partial charge in [-0.2, -0.15) is 0 Å². The quantitative estimate of drug-likeness (QED) is 0.796. The zero-order valence-electron chi connectivity index (χ0n) is 10.7. The number of halogens is 1. The largest absolute Gasteiger partial charge is 0.421 e. The predicted octanol–water partition coefficient (Wildman–Crippen LogP) is 3.95. The molecule has 0 fully saturated rings. The minimum atomic E-state index is -0.440. The van der Waals surface area contributed by atoms with Gasteiger partial charge in [-0.1, -0.05) is 12.1 Å². The van der Waals surface area contributed by atoms with Crippen molar-refractivity contribution >= 4 is 14.6 Å². The van der Waals surface area contributed by atoms with Crippen molar-refractivity contribution in [3.8, 4) is 11.8 Å². The number of hydrogen-bond donors (Lipinski definition) is 0. The first-order chi connectivity index (χ1) is 9.10. The maximum Gasteiger partial charge on any atom is 0.322 e. The van der Waals surface area contributed by atoms with Gasteiger partial charge in [-0.15, -0.1) is 9.24 Å². The van der Waals surface area contributed by atoms with Crippen molar-refractivity contribution in [1.29, 1.82) is 0 Å². The summed E-state index contributed by atoms with van der Waals surface area (Å²) in [5, 5.41) is 0.928. The van der Waals surface area contributed by atoms with Gasteiger partial charge in [0.2, 0.25) is 0 Å². The summed E-state index contributed by atoms with van der Waals surface area (Å²) < 4.78 is 19.3. The van der Waals surface area contributed by atoms with E-state index < -0.39 is 5.82 Å². The zero-order chi connectivity index (χ0) is 13.8. The molecule has 0 bridgehead atoms. The summed E-state index contributed by atoms with van der Waals surface area (Å²) in [7, 11) is 2.56. The lowest BCUT2D eigenvalue weighted by Gasteiger charge is -2.07. The molecular formula is C14H14FN2OP. The number of rotatable bonds is 3. The van der Waals surface area contributed by atoms with Crippen molar-refractivity contribution in [3.05, 3.63) is 53.6 Å². The van der Waals surface area contributed by atoms with E-state index in [0.717, 1.165) is 16.6 Å². The maximum absolute atomic E-state index is 13.9. The van der Waals surface area contributed by atoms with Crippen LogP contribution in [0.25, 0.3) is 5.31 Å². The number of ether oxygens (including phenoxy) is 1. The number of aromatic nitrogens is 2. The van der Waals surface area contributed by atoms with Gasteiger partial charge in [0.15, 0.2) is 11.6 Å². The summed E-state index contributed by atoms with van der Waals surface area (Å²) in [6.07, 6.45) is 3.47. The van der Waals surface area contributed by atoms with Gasteiger partial charge in [0.25, 0.3) is 0 Å². The average Bonchev–Trinajstić information content (AvgIpc) is 2.40. The standard InChI is InChI=1S/C14H14FN2OP/c1-3-13(19)10-4-5-12(11(15)8-10)18-14-16-7-6-9(2)17-14/h3-8H,19H2,1-2H3/b13-3+. The highest BCUT2D eigenvalue weighted by molar-refractivity contribution is 7.31. The highest BCUT2D eigenvalue weighted by atomic mass is 31.0. The minimum Gasteiger partial charge on any atom is -0.421 e. The molecule has 0 amide bonds. The van der Waals surface area contributed by atoms with Crippen LogP contribution in [0.3, 0.4) is 0 Å². The second-order valence-electron chi connectivity index (χ2n) is 3.97. The molecule has 2 rings (SSSR count). The molecule has 1 aromatic heterocycles. The number of benzene rings is 1. The molecule has 0 aliphatic heterocycles. The molecule has 19 heavy (non-hydrogen) atoms. The van der Waals surface area contributed by atoms with E-state index in [1.165, 1.54) is 6.07 Å². The van der Waals surface area contributed by atoms with E-state index in [9.17, 15) is 4.39 Å². The molecule has 98 valence electrons. The molecule has 0 saturated heterocycles. The van der Waals surface area contributed by atoms with Gasteiger partial charge >= 0.3 is 6.01 Å². The van der Waals surface area contributed by atoms with Gasteiger partial charge in [-0.25, -0.2) is 14.4 Å². The lowest BCUT2D eigenvalue weighted by Crippen LogP contribution is -1.95. The normalized spacial score (nSPS) is 11.5. The Hall–Kier alpha value is -1.80. The molecule has 0 radical (unpaired) electrons. The van der Waals surface area contributed by atoms with Crippen LogP contribution in [-0.2, 0) is 0 Å².